The highest BCUT2D eigenvalue weighted by molar-refractivity contribution is 5.92. The van der Waals surface area contributed by atoms with Gasteiger partial charge in [-0.15, -0.1) is 0 Å². The van der Waals surface area contributed by atoms with E-state index in [1.165, 1.54) is 0 Å². The van der Waals surface area contributed by atoms with E-state index in [0.29, 0.717) is 50.3 Å². The molecule has 0 aromatic heterocycles. The molecule has 0 saturated heterocycles. The first kappa shape index (κ1) is 20.3. The first-order valence-electron chi connectivity index (χ1n) is 7.45. The minimum Gasteiger partial charge on any atom is -0.353 e. The predicted molar refractivity (Wildman–Crippen MR) is 86.2 cm³/mol. The third-order valence-corrected chi connectivity index (χ3v) is 2.69. The molecule has 2 N–H and O–H groups in total. The topological polar surface area (TPSA) is 76.7 Å². The summed E-state index contributed by atoms with van der Waals surface area (Å²) in [7, 11) is 0. The van der Waals surface area contributed by atoms with Crippen molar-refractivity contribution in [3.05, 3.63) is 24.3 Å². The Kier molecular flexibility index (Phi) is 11.0. The molecule has 0 saturated carbocycles. The highest BCUT2D eigenvalue weighted by Gasteiger charge is 2.04. The molecule has 22 heavy (non-hydrogen) atoms. The number of nitrogens with one attached hydrogen (secondary N) is 2. The van der Waals surface area contributed by atoms with E-state index in [0.717, 1.165) is 0 Å². The van der Waals surface area contributed by atoms with Crippen molar-refractivity contribution >= 4 is 11.8 Å². The fourth-order valence-electron chi connectivity index (χ4n) is 1.40. The summed E-state index contributed by atoms with van der Waals surface area (Å²) in [6.45, 7) is 14.4. The van der Waals surface area contributed by atoms with E-state index >= 15 is 0 Å². The molecule has 0 aliphatic carbocycles. The van der Waals surface area contributed by atoms with Gasteiger partial charge in [0.1, 0.15) is 0 Å². The van der Waals surface area contributed by atoms with Crippen LogP contribution in [0.3, 0.4) is 0 Å². The van der Waals surface area contributed by atoms with E-state index in [2.05, 4.69) is 23.8 Å². The zero-order chi connectivity index (χ0) is 17.0. The van der Waals surface area contributed by atoms with Crippen LogP contribution in [0.1, 0.15) is 33.6 Å². The Balaban J connectivity index is 3.45. The summed E-state index contributed by atoms with van der Waals surface area (Å²) in [5.74, 6) is -0.276. The largest absolute Gasteiger partial charge is 0.353 e. The zero-order valence-electron chi connectivity index (χ0n) is 13.9. The molecule has 2 amide bonds. The van der Waals surface area contributed by atoms with Gasteiger partial charge >= 0.3 is 0 Å². The van der Waals surface area contributed by atoms with Gasteiger partial charge in [-0.2, -0.15) is 0 Å². The third-order valence-electron chi connectivity index (χ3n) is 2.69. The smallest absolute Gasteiger partial charge is 0.246 e. The van der Waals surface area contributed by atoms with Gasteiger partial charge in [0.2, 0.25) is 11.8 Å². The molecule has 0 aliphatic heterocycles. The molecule has 0 rings (SSSR count). The fourth-order valence-corrected chi connectivity index (χ4v) is 1.40. The number of carbonyl (C=O) groups excluding carboxylic acids is 2. The summed E-state index contributed by atoms with van der Waals surface area (Å²) in [6, 6.07) is 0. The van der Waals surface area contributed by atoms with Crippen LogP contribution in [-0.2, 0) is 19.1 Å². The molecule has 0 aliphatic rings. The summed E-state index contributed by atoms with van der Waals surface area (Å²) < 4.78 is 10.9. The second kappa shape index (κ2) is 11.9. The molecule has 0 heterocycles. The minimum absolute atomic E-state index is 0.138. The van der Waals surface area contributed by atoms with Crippen LogP contribution in [0.15, 0.2) is 24.3 Å². The van der Waals surface area contributed by atoms with E-state index in [4.69, 9.17) is 9.47 Å². The second-order valence-electron chi connectivity index (χ2n) is 5.09. The Morgan fingerprint density at radius 1 is 0.909 bits per heavy atom. The van der Waals surface area contributed by atoms with E-state index in [9.17, 15) is 9.59 Å². The first-order valence-corrected chi connectivity index (χ1v) is 7.45. The van der Waals surface area contributed by atoms with Gasteiger partial charge in [0.25, 0.3) is 0 Å². The van der Waals surface area contributed by atoms with E-state index in [-0.39, 0.29) is 18.1 Å². The van der Waals surface area contributed by atoms with Crippen LogP contribution in [0.25, 0.3) is 0 Å². The van der Waals surface area contributed by atoms with Gasteiger partial charge in [0.05, 0.1) is 13.2 Å². The van der Waals surface area contributed by atoms with E-state index in [1.807, 2.05) is 6.92 Å². The molecule has 0 aromatic carbocycles. The van der Waals surface area contributed by atoms with Crippen LogP contribution in [0.2, 0.25) is 0 Å². The molecule has 6 nitrogen and oxygen atoms in total. The summed E-state index contributed by atoms with van der Waals surface area (Å²) in [6.07, 6.45) is 1.11. The summed E-state index contributed by atoms with van der Waals surface area (Å²) in [5.41, 5.74) is 0.993. The molecule has 0 spiro atoms. The van der Waals surface area contributed by atoms with Gasteiger partial charge < -0.3 is 20.1 Å². The van der Waals surface area contributed by atoms with Gasteiger partial charge in [-0.1, -0.05) is 13.2 Å². The maximum Gasteiger partial charge on any atom is 0.246 e. The van der Waals surface area contributed by atoms with Crippen molar-refractivity contribution < 1.29 is 19.1 Å². The van der Waals surface area contributed by atoms with Crippen molar-refractivity contribution in [3.63, 3.8) is 0 Å². The number of amides is 2. The number of carbonyl (C=O) groups is 2. The van der Waals surface area contributed by atoms with Crippen LogP contribution in [0.4, 0.5) is 0 Å². The van der Waals surface area contributed by atoms with E-state index in [1.54, 1.807) is 13.8 Å². The van der Waals surface area contributed by atoms with Gasteiger partial charge in [0.15, 0.2) is 6.29 Å². The first-order chi connectivity index (χ1) is 10.3. The van der Waals surface area contributed by atoms with Crippen molar-refractivity contribution in [2.24, 2.45) is 0 Å². The molecule has 0 unspecified atom stereocenters. The lowest BCUT2D eigenvalue weighted by Gasteiger charge is -2.14. The number of rotatable bonds is 12. The summed E-state index contributed by atoms with van der Waals surface area (Å²) in [5, 5.41) is 5.46. The predicted octanol–water partition coefficient (Wildman–Crippen LogP) is 1.53. The van der Waals surface area contributed by atoms with Gasteiger partial charge in [-0.3, -0.25) is 9.59 Å². The maximum absolute atomic E-state index is 11.2. The van der Waals surface area contributed by atoms with Crippen LogP contribution in [0, 0.1) is 0 Å². The minimum atomic E-state index is -0.311. The lowest BCUT2D eigenvalue weighted by molar-refractivity contribution is -0.131. The Hall–Kier alpha value is -1.66. The average molecular weight is 312 g/mol. The van der Waals surface area contributed by atoms with Crippen molar-refractivity contribution in [1.82, 2.24) is 10.6 Å². The number of ether oxygens (including phenoxy) is 2. The van der Waals surface area contributed by atoms with Crippen molar-refractivity contribution in [2.45, 2.75) is 39.9 Å². The molecule has 0 bridgehead atoms. The molecular formula is C16H28N2O4. The highest BCUT2D eigenvalue weighted by Crippen LogP contribution is 1.96. The quantitative estimate of drug-likeness (QED) is 0.325. The Bertz CT molecular complexity index is 358. The van der Waals surface area contributed by atoms with Crippen LogP contribution >= 0.6 is 0 Å². The van der Waals surface area contributed by atoms with Crippen LogP contribution < -0.4 is 10.6 Å². The normalized spacial score (nSPS) is 10.4. The SMILES string of the molecule is C=C(C)C(=O)NCCCOC(C)OCCCNC(=O)C(=C)C. The number of hydrogen-bond acceptors (Lipinski definition) is 4. The highest BCUT2D eigenvalue weighted by atomic mass is 16.7. The van der Waals surface area contributed by atoms with Gasteiger partial charge in [-0.05, 0) is 33.6 Å². The van der Waals surface area contributed by atoms with Crippen molar-refractivity contribution in [1.29, 1.82) is 0 Å². The van der Waals surface area contributed by atoms with Crippen LogP contribution in [-0.4, -0.2) is 44.4 Å². The third kappa shape index (κ3) is 11.0. The Morgan fingerprint density at radius 3 is 1.59 bits per heavy atom. The standard InChI is InChI=1S/C16H28N2O4/c1-12(2)15(19)17-8-6-10-21-14(5)22-11-7-9-18-16(20)13(3)4/h14H,1,3,6-11H2,2,4-5H3,(H,17,19)(H,18,20). The average Bonchev–Trinajstić information content (AvgIpc) is 2.45. The molecule has 0 aromatic rings. The number of hydrogen-bond donors (Lipinski definition) is 2. The van der Waals surface area contributed by atoms with Gasteiger partial charge in [0, 0.05) is 24.2 Å². The molecule has 0 atom stereocenters. The second-order valence-corrected chi connectivity index (χ2v) is 5.09. The van der Waals surface area contributed by atoms with E-state index < -0.39 is 0 Å². The summed E-state index contributed by atoms with van der Waals surface area (Å²) in [4.78, 5) is 22.4. The van der Waals surface area contributed by atoms with Crippen molar-refractivity contribution in [3.8, 4) is 0 Å². The molecule has 126 valence electrons. The molecular weight excluding hydrogens is 284 g/mol. The fraction of sp³-hybridized carbons (Fsp3) is 0.625. The van der Waals surface area contributed by atoms with Crippen molar-refractivity contribution in [2.75, 3.05) is 26.3 Å². The molecule has 0 fully saturated rings. The Morgan fingerprint density at radius 2 is 1.27 bits per heavy atom. The maximum atomic E-state index is 11.2. The molecule has 6 heteroatoms. The lowest BCUT2D eigenvalue weighted by Crippen LogP contribution is -2.27. The molecule has 0 radical (unpaired) electrons. The zero-order valence-corrected chi connectivity index (χ0v) is 13.9. The Labute approximate surface area is 132 Å². The van der Waals surface area contributed by atoms with Crippen LogP contribution in [0.5, 0.6) is 0 Å². The summed E-state index contributed by atoms with van der Waals surface area (Å²) >= 11 is 0. The monoisotopic (exact) mass is 312 g/mol. The van der Waals surface area contributed by atoms with Gasteiger partial charge in [-0.25, -0.2) is 0 Å². The lowest BCUT2D eigenvalue weighted by atomic mass is 10.3.